The maximum Gasteiger partial charge on any atom is 0.335 e. The van der Waals surface area contributed by atoms with E-state index in [1.54, 1.807) is 24.3 Å². The molecule has 24 heavy (non-hydrogen) atoms. The van der Waals surface area contributed by atoms with Gasteiger partial charge >= 0.3 is 11.9 Å². The van der Waals surface area contributed by atoms with Crippen LogP contribution in [0.1, 0.15) is 20.7 Å². The van der Waals surface area contributed by atoms with Crippen molar-refractivity contribution in [3.63, 3.8) is 0 Å². The van der Waals surface area contributed by atoms with Gasteiger partial charge in [-0.2, -0.15) is 0 Å². The van der Waals surface area contributed by atoms with Crippen molar-refractivity contribution in [2.45, 2.75) is 0 Å². The van der Waals surface area contributed by atoms with Crippen molar-refractivity contribution in [1.82, 2.24) is 0 Å². The number of rotatable bonds is 2. The molecule has 0 radical (unpaired) electrons. The quantitative estimate of drug-likeness (QED) is 0.574. The lowest BCUT2D eigenvalue weighted by Gasteiger charge is -2.00. The summed E-state index contributed by atoms with van der Waals surface area (Å²) >= 11 is 0. The summed E-state index contributed by atoms with van der Waals surface area (Å²) < 4.78 is 0. The summed E-state index contributed by atoms with van der Waals surface area (Å²) in [6.45, 7) is 0. The van der Waals surface area contributed by atoms with Crippen LogP contribution in [-0.4, -0.2) is 32.4 Å². The first-order valence-corrected chi connectivity index (χ1v) is 6.85. The molecule has 0 aliphatic carbocycles. The van der Waals surface area contributed by atoms with Crippen molar-refractivity contribution >= 4 is 22.7 Å². The zero-order valence-corrected chi connectivity index (χ0v) is 12.4. The Labute approximate surface area is 136 Å². The van der Waals surface area contributed by atoms with Gasteiger partial charge in [0.15, 0.2) is 0 Å². The van der Waals surface area contributed by atoms with Crippen LogP contribution in [0.25, 0.3) is 10.8 Å². The Kier molecular flexibility index (Phi) is 5.01. The third-order valence-electron chi connectivity index (χ3n) is 3.19. The lowest BCUT2D eigenvalue weighted by Crippen LogP contribution is -1.94. The minimum Gasteiger partial charge on any atom is -0.508 e. The van der Waals surface area contributed by atoms with Crippen LogP contribution in [0, 0.1) is 0 Å². The van der Waals surface area contributed by atoms with Gasteiger partial charge in [-0.3, -0.25) is 0 Å². The highest BCUT2D eigenvalue weighted by Crippen LogP contribution is 2.20. The number of aromatic carboxylic acids is 2. The lowest BCUT2D eigenvalue weighted by atomic mass is 10.1. The Morgan fingerprint density at radius 3 is 1.62 bits per heavy atom. The molecule has 0 heterocycles. The van der Waals surface area contributed by atoms with E-state index in [4.69, 9.17) is 15.3 Å². The van der Waals surface area contributed by atoms with E-state index in [0.717, 1.165) is 10.8 Å². The highest BCUT2D eigenvalue weighted by molar-refractivity contribution is 5.94. The van der Waals surface area contributed by atoms with Gasteiger partial charge in [-0.05, 0) is 59.3 Å². The van der Waals surface area contributed by atoms with Gasteiger partial charge in [-0.15, -0.1) is 0 Å². The molecule has 0 aliphatic heterocycles. The molecule has 0 bridgehead atoms. The monoisotopic (exact) mass is 326 g/mol. The topological polar surface area (TPSA) is 115 Å². The summed E-state index contributed by atoms with van der Waals surface area (Å²) in [4.78, 5) is 20.9. The number of benzene rings is 3. The average molecular weight is 326 g/mol. The zero-order chi connectivity index (χ0) is 17.7. The standard InChI is InChI=1S/C11H8O3.C7H6O3/c12-10-4-3-7-5-9(11(13)14)2-1-8(7)6-10;8-6-3-1-5(2-4-6)7(9)10/h1-6,12H,(H,13,14);1-4,8H,(H,9,10). The fourth-order valence-corrected chi connectivity index (χ4v) is 1.97. The van der Waals surface area contributed by atoms with E-state index in [0.29, 0.717) is 0 Å². The van der Waals surface area contributed by atoms with Gasteiger partial charge in [-0.25, -0.2) is 9.59 Å². The maximum absolute atomic E-state index is 10.7. The van der Waals surface area contributed by atoms with Gasteiger partial charge in [0.1, 0.15) is 11.5 Å². The van der Waals surface area contributed by atoms with Crippen LogP contribution in [-0.2, 0) is 0 Å². The number of fused-ring (bicyclic) bond motifs is 1. The van der Waals surface area contributed by atoms with E-state index in [1.165, 1.54) is 36.4 Å². The number of carboxylic acids is 2. The predicted molar refractivity (Wildman–Crippen MR) is 87.6 cm³/mol. The molecule has 0 aliphatic rings. The fourth-order valence-electron chi connectivity index (χ4n) is 1.97. The Hall–Kier alpha value is -3.54. The molecule has 3 aromatic carbocycles. The van der Waals surface area contributed by atoms with Gasteiger partial charge < -0.3 is 20.4 Å². The van der Waals surface area contributed by atoms with E-state index in [1.807, 2.05) is 0 Å². The van der Waals surface area contributed by atoms with Gasteiger partial charge in [0.05, 0.1) is 11.1 Å². The Balaban J connectivity index is 0.000000185. The zero-order valence-electron chi connectivity index (χ0n) is 12.4. The predicted octanol–water partition coefficient (Wildman–Crippen LogP) is 3.33. The summed E-state index contributed by atoms with van der Waals surface area (Å²) in [6, 6.07) is 15.0. The van der Waals surface area contributed by atoms with Crippen molar-refractivity contribution in [1.29, 1.82) is 0 Å². The first-order valence-electron chi connectivity index (χ1n) is 6.85. The van der Waals surface area contributed by atoms with Gasteiger partial charge in [0.25, 0.3) is 0 Å². The molecule has 4 N–H and O–H groups in total. The molecule has 0 aromatic heterocycles. The van der Waals surface area contributed by atoms with Crippen LogP contribution < -0.4 is 0 Å². The molecule has 3 aromatic rings. The minimum absolute atomic E-state index is 0.0741. The van der Waals surface area contributed by atoms with Crippen LogP contribution in [0.3, 0.4) is 0 Å². The van der Waals surface area contributed by atoms with Crippen molar-refractivity contribution < 1.29 is 30.0 Å². The second kappa shape index (κ2) is 7.15. The molecule has 0 atom stereocenters. The second-order valence-electron chi connectivity index (χ2n) is 4.90. The van der Waals surface area contributed by atoms with Crippen LogP contribution in [0.2, 0.25) is 0 Å². The van der Waals surface area contributed by atoms with Crippen LogP contribution in [0.15, 0.2) is 60.7 Å². The van der Waals surface area contributed by atoms with E-state index >= 15 is 0 Å². The van der Waals surface area contributed by atoms with Crippen LogP contribution in [0.4, 0.5) is 0 Å². The molecule has 3 rings (SSSR count). The number of carbonyl (C=O) groups is 2. The third kappa shape index (κ3) is 4.23. The first-order chi connectivity index (χ1) is 11.4. The SMILES string of the molecule is O=C(O)c1ccc(O)cc1.O=C(O)c1ccc2cc(O)ccc2c1. The van der Waals surface area contributed by atoms with Crippen molar-refractivity contribution in [3.8, 4) is 11.5 Å². The molecule has 0 fully saturated rings. The second-order valence-corrected chi connectivity index (χ2v) is 4.90. The molecule has 0 spiro atoms. The summed E-state index contributed by atoms with van der Waals surface area (Å²) in [5, 5.41) is 36.7. The van der Waals surface area contributed by atoms with Gasteiger partial charge in [-0.1, -0.05) is 12.1 Å². The van der Waals surface area contributed by atoms with Crippen molar-refractivity contribution in [2.75, 3.05) is 0 Å². The molecule has 0 saturated heterocycles. The highest BCUT2D eigenvalue weighted by atomic mass is 16.4. The van der Waals surface area contributed by atoms with Crippen molar-refractivity contribution in [2.24, 2.45) is 0 Å². The third-order valence-corrected chi connectivity index (χ3v) is 3.19. The fraction of sp³-hybridized carbons (Fsp3) is 0. The number of phenolic OH excluding ortho intramolecular Hbond substituents is 2. The van der Waals surface area contributed by atoms with E-state index in [9.17, 15) is 14.7 Å². The largest absolute Gasteiger partial charge is 0.508 e. The molecule has 122 valence electrons. The first kappa shape index (κ1) is 16.8. The summed E-state index contributed by atoms with van der Waals surface area (Å²) in [6.07, 6.45) is 0. The van der Waals surface area contributed by atoms with Crippen LogP contribution in [0.5, 0.6) is 11.5 Å². The Morgan fingerprint density at radius 2 is 1.04 bits per heavy atom. The molecule has 6 heteroatoms. The average Bonchev–Trinajstić information content (AvgIpc) is 2.55. The molecular weight excluding hydrogens is 312 g/mol. The number of carboxylic acid groups (broad SMARTS) is 2. The normalized spacial score (nSPS) is 9.83. The van der Waals surface area contributed by atoms with E-state index < -0.39 is 11.9 Å². The van der Waals surface area contributed by atoms with E-state index in [2.05, 4.69) is 0 Å². The molecule has 6 nitrogen and oxygen atoms in total. The Morgan fingerprint density at radius 1 is 0.583 bits per heavy atom. The number of aromatic hydroxyl groups is 2. The summed E-state index contributed by atoms with van der Waals surface area (Å²) in [5.41, 5.74) is 0.431. The minimum atomic E-state index is -0.986. The molecule has 0 unspecified atom stereocenters. The lowest BCUT2D eigenvalue weighted by molar-refractivity contribution is 0.0686. The number of phenols is 2. The molecule has 0 saturated carbocycles. The van der Waals surface area contributed by atoms with Crippen molar-refractivity contribution in [3.05, 3.63) is 71.8 Å². The maximum atomic E-state index is 10.7. The Bertz CT molecular complexity index is 884. The molecule has 0 amide bonds. The van der Waals surface area contributed by atoms with Gasteiger partial charge in [0.2, 0.25) is 0 Å². The van der Waals surface area contributed by atoms with E-state index in [-0.39, 0.29) is 22.6 Å². The van der Waals surface area contributed by atoms with Crippen LogP contribution >= 0.6 is 0 Å². The number of hydrogen-bond donors (Lipinski definition) is 4. The van der Waals surface area contributed by atoms with Gasteiger partial charge in [0, 0.05) is 0 Å². The summed E-state index contributed by atoms with van der Waals surface area (Å²) in [7, 11) is 0. The highest BCUT2D eigenvalue weighted by Gasteiger charge is 2.03. The summed E-state index contributed by atoms with van der Waals surface area (Å²) in [5.74, 6) is -1.68. The smallest absolute Gasteiger partial charge is 0.335 e. The number of hydrogen-bond acceptors (Lipinski definition) is 4. The molecular formula is C18H14O6.